The Morgan fingerprint density at radius 1 is 1.12 bits per heavy atom. The molecule has 1 saturated heterocycles. The van der Waals surface area contributed by atoms with Crippen LogP contribution in [-0.2, 0) is 0 Å². The standard InChI is InChI=1S/C21H24N4O/c1-2-24-13-10-21(11-14-24)25-19(16-7-3-4-9-20(16)26-21)15-18(23-25)17-8-5-6-12-22-17/h3-9,12,19H,2,10-11,13-15H2,1H3/t19-/m1/s1. The lowest BCUT2D eigenvalue weighted by Gasteiger charge is -2.51. The maximum atomic E-state index is 6.62. The van der Waals surface area contributed by atoms with E-state index < -0.39 is 0 Å². The summed E-state index contributed by atoms with van der Waals surface area (Å²) in [4.78, 5) is 7.02. The summed E-state index contributed by atoms with van der Waals surface area (Å²) < 4.78 is 6.62. The fourth-order valence-corrected chi connectivity index (χ4v) is 4.47. The minimum absolute atomic E-state index is 0.241. The van der Waals surface area contributed by atoms with Crippen molar-refractivity contribution in [2.24, 2.45) is 5.10 Å². The summed E-state index contributed by atoms with van der Waals surface area (Å²) in [6.07, 6.45) is 4.68. The predicted octanol–water partition coefficient (Wildman–Crippen LogP) is 3.44. The fourth-order valence-electron chi connectivity index (χ4n) is 4.47. The van der Waals surface area contributed by atoms with Crippen LogP contribution in [0.25, 0.3) is 0 Å². The second kappa shape index (κ2) is 6.09. The van der Waals surface area contributed by atoms with E-state index in [1.165, 1.54) is 5.56 Å². The average molecular weight is 348 g/mol. The van der Waals surface area contributed by atoms with Gasteiger partial charge in [-0.3, -0.25) is 4.98 Å². The van der Waals surface area contributed by atoms with Crippen LogP contribution in [0, 0.1) is 0 Å². The molecule has 1 spiro atoms. The molecule has 5 nitrogen and oxygen atoms in total. The van der Waals surface area contributed by atoms with Crippen molar-refractivity contribution in [3.8, 4) is 5.75 Å². The molecule has 1 aromatic heterocycles. The average Bonchev–Trinajstić information content (AvgIpc) is 3.16. The van der Waals surface area contributed by atoms with Crippen molar-refractivity contribution in [3.63, 3.8) is 0 Å². The van der Waals surface area contributed by atoms with Gasteiger partial charge in [-0.15, -0.1) is 0 Å². The van der Waals surface area contributed by atoms with Crippen molar-refractivity contribution in [3.05, 3.63) is 59.9 Å². The van der Waals surface area contributed by atoms with Gasteiger partial charge in [-0.05, 0) is 24.7 Å². The lowest BCUT2D eigenvalue weighted by Crippen LogP contribution is -2.59. The Kier molecular flexibility index (Phi) is 3.71. The summed E-state index contributed by atoms with van der Waals surface area (Å²) in [6.45, 7) is 5.43. The van der Waals surface area contributed by atoms with E-state index in [-0.39, 0.29) is 11.8 Å². The molecule has 2 aromatic rings. The molecule has 0 aliphatic carbocycles. The summed E-state index contributed by atoms with van der Waals surface area (Å²) in [7, 11) is 0. The molecular formula is C21H24N4O. The van der Waals surface area contributed by atoms with Crippen LogP contribution < -0.4 is 4.74 Å². The van der Waals surface area contributed by atoms with Gasteiger partial charge in [0.25, 0.3) is 0 Å². The molecule has 26 heavy (non-hydrogen) atoms. The van der Waals surface area contributed by atoms with E-state index in [4.69, 9.17) is 9.84 Å². The summed E-state index contributed by atoms with van der Waals surface area (Å²) in [5.41, 5.74) is 2.95. The smallest absolute Gasteiger partial charge is 0.200 e. The molecule has 4 heterocycles. The fraction of sp³-hybridized carbons (Fsp3) is 0.429. The van der Waals surface area contributed by atoms with Gasteiger partial charge >= 0.3 is 0 Å². The number of hydrogen-bond donors (Lipinski definition) is 0. The highest BCUT2D eigenvalue weighted by Crippen LogP contribution is 2.49. The maximum absolute atomic E-state index is 6.62. The molecule has 0 radical (unpaired) electrons. The quantitative estimate of drug-likeness (QED) is 0.834. The molecule has 0 amide bonds. The van der Waals surface area contributed by atoms with Gasteiger partial charge in [0.15, 0.2) is 0 Å². The summed E-state index contributed by atoms with van der Waals surface area (Å²) in [5, 5.41) is 7.31. The molecule has 5 heteroatoms. The summed E-state index contributed by atoms with van der Waals surface area (Å²) >= 11 is 0. The number of nitrogens with zero attached hydrogens (tertiary/aromatic N) is 4. The molecule has 5 rings (SSSR count). The van der Waals surface area contributed by atoms with Gasteiger partial charge in [0.05, 0.1) is 17.4 Å². The number of likely N-dealkylation sites (tertiary alicyclic amines) is 1. The number of hydrogen-bond acceptors (Lipinski definition) is 5. The Balaban J connectivity index is 1.55. The first-order valence-electron chi connectivity index (χ1n) is 9.57. The van der Waals surface area contributed by atoms with Gasteiger partial charge in [-0.1, -0.05) is 31.2 Å². The Morgan fingerprint density at radius 3 is 2.69 bits per heavy atom. The lowest BCUT2D eigenvalue weighted by atomic mass is 9.91. The Morgan fingerprint density at radius 2 is 1.92 bits per heavy atom. The Labute approximate surface area is 154 Å². The van der Waals surface area contributed by atoms with Crippen LogP contribution in [0.5, 0.6) is 5.75 Å². The van der Waals surface area contributed by atoms with Gasteiger partial charge < -0.3 is 9.64 Å². The third-order valence-corrected chi connectivity index (χ3v) is 5.95. The highest BCUT2D eigenvalue weighted by atomic mass is 16.5. The molecule has 134 valence electrons. The zero-order valence-corrected chi connectivity index (χ0v) is 15.1. The van der Waals surface area contributed by atoms with Crippen molar-refractivity contribution in [1.82, 2.24) is 14.9 Å². The summed E-state index contributed by atoms with van der Waals surface area (Å²) in [6, 6.07) is 14.7. The van der Waals surface area contributed by atoms with E-state index in [1.807, 2.05) is 18.3 Å². The zero-order chi connectivity index (χ0) is 17.6. The largest absolute Gasteiger partial charge is 0.466 e. The van der Waals surface area contributed by atoms with Crippen LogP contribution in [-0.4, -0.2) is 46.0 Å². The van der Waals surface area contributed by atoms with Crippen LogP contribution in [0.4, 0.5) is 0 Å². The van der Waals surface area contributed by atoms with Gasteiger partial charge in [0.2, 0.25) is 5.72 Å². The number of hydrazone groups is 1. The first-order chi connectivity index (χ1) is 12.8. The molecule has 1 atom stereocenters. The number of para-hydroxylation sites is 1. The Bertz CT molecular complexity index is 827. The highest BCUT2D eigenvalue weighted by molar-refractivity contribution is 6.00. The third-order valence-electron chi connectivity index (χ3n) is 5.95. The highest BCUT2D eigenvalue weighted by Gasteiger charge is 2.51. The number of aromatic nitrogens is 1. The lowest BCUT2D eigenvalue weighted by molar-refractivity contribution is -0.149. The van der Waals surface area contributed by atoms with E-state index in [9.17, 15) is 0 Å². The van der Waals surface area contributed by atoms with E-state index >= 15 is 0 Å². The number of pyridine rings is 1. The normalized spacial score (nSPS) is 24.0. The first kappa shape index (κ1) is 15.8. The van der Waals surface area contributed by atoms with Crippen molar-refractivity contribution < 1.29 is 4.74 Å². The molecular weight excluding hydrogens is 324 g/mol. The van der Waals surface area contributed by atoms with E-state index in [2.05, 4.69) is 52.1 Å². The van der Waals surface area contributed by atoms with Crippen LogP contribution in [0.3, 0.4) is 0 Å². The van der Waals surface area contributed by atoms with Gasteiger partial charge in [-0.2, -0.15) is 5.10 Å². The minimum Gasteiger partial charge on any atom is -0.466 e. The van der Waals surface area contributed by atoms with Gasteiger partial charge in [0, 0.05) is 44.1 Å². The number of piperidine rings is 1. The first-order valence-corrected chi connectivity index (χ1v) is 9.57. The molecule has 0 N–H and O–H groups in total. The number of fused-ring (bicyclic) bond motifs is 4. The molecule has 0 unspecified atom stereocenters. The molecule has 3 aliphatic rings. The van der Waals surface area contributed by atoms with E-state index in [1.54, 1.807) is 0 Å². The third kappa shape index (κ3) is 2.42. The molecule has 1 fully saturated rings. The van der Waals surface area contributed by atoms with Crippen molar-refractivity contribution in [1.29, 1.82) is 0 Å². The number of ether oxygens (including phenoxy) is 1. The number of rotatable bonds is 2. The predicted molar refractivity (Wildman–Crippen MR) is 101 cm³/mol. The van der Waals surface area contributed by atoms with Crippen molar-refractivity contribution >= 4 is 5.71 Å². The number of benzene rings is 1. The maximum Gasteiger partial charge on any atom is 0.200 e. The SMILES string of the molecule is CCN1CCC2(CC1)Oc1ccccc1[C@H]1CC(c3ccccn3)=NN12. The van der Waals surface area contributed by atoms with E-state index in [0.29, 0.717) is 0 Å². The van der Waals surface area contributed by atoms with Crippen LogP contribution >= 0.6 is 0 Å². The van der Waals surface area contributed by atoms with Crippen LogP contribution in [0.1, 0.15) is 43.5 Å². The second-order valence-electron chi connectivity index (χ2n) is 7.35. The molecule has 1 aromatic carbocycles. The van der Waals surface area contributed by atoms with Crippen LogP contribution in [0.15, 0.2) is 53.8 Å². The van der Waals surface area contributed by atoms with Crippen molar-refractivity contribution in [2.75, 3.05) is 19.6 Å². The Hall–Kier alpha value is -2.40. The molecule has 0 saturated carbocycles. The van der Waals surface area contributed by atoms with Gasteiger partial charge in [0.1, 0.15) is 5.75 Å². The topological polar surface area (TPSA) is 41.0 Å². The van der Waals surface area contributed by atoms with Gasteiger partial charge in [-0.25, -0.2) is 5.01 Å². The molecule has 0 bridgehead atoms. The minimum atomic E-state index is -0.332. The second-order valence-corrected chi connectivity index (χ2v) is 7.35. The monoisotopic (exact) mass is 348 g/mol. The van der Waals surface area contributed by atoms with Crippen LogP contribution in [0.2, 0.25) is 0 Å². The van der Waals surface area contributed by atoms with Crippen molar-refractivity contribution in [2.45, 2.75) is 38.0 Å². The van der Waals surface area contributed by atoms with E-state index in [0.717, 1.165) is 56.1 Å². The zero-order valence-electron chi connectivity index (χ0n) is 15.1. The summed E-state index contributed by atoms with van der Waals surface area (Å²) in [5.74, 6) is 1.02. The molecule has 3 aliphatic heterocycles.